The monoisotopic (exact) mass is 298 g/mol. The van der Waals surface area contributed by atoms with Crippen molar-refractivity contribution in [3.05, 3.63) is 29.8 Å². The first kappa shape index (κ1) is 15.9. The quantitative estimate of drug-likeness (QED) is 0.928. The molecule has 116 valence electrons. The molecule has 1 aromatic carbocycles. The number of halogens is 2. The van der Waals surface area contributed by atoms with Gasteiger partial charge in [-0.15, -0.1) is 0 Å². The van der Waals surface area contributed by atoms with Crippen molar-refractivity contribution < 1.29 is 18.3 Å². The summed E-state index contributed by atoms with van der Waals surface area (Å²) in [6.45, 7) is 6.22. The number of carbonyl (C=O) groups excluding carboxylic acids is 1. The van der Waals surface area contributed by atoms with Gasteiger partial charge in [-0.25, -0.2) is 8.78 Å². The molecule has 1 heterocycles. The van der Waals surface area contributed by atoms with Crippen molar-refractivity contribution in [2.24, 2.45) is 0 Å². The van der Waals surface area contributed by atoms with Crippen LogP contribution < -0.4 is 5.32 Å². The van der Waals surface area contributed by atoms with Gasteiger partial charge < -0.3 is 10.1 Å². The maximum atomic E-state index is 13.0. The SMILES string of the molecule is C[C@@H]1CN(CCC(=O)Nc2ccc(F)c(F)c2)C[C@@H](C)O1. The van der Waals surface area contributed by atoms with E-state index >= 15 is 0 Å². The standard InChI is InChI=1S/C15H20F2N2O2/c1-10-8-19(9-11(2)21-10)6-5-15(20)18-12-3-4-13(16)14(17)7-12/h3-4,7,10-11H,5-6,8-9H2,1-2H3,(H,18,20)/t10-,11-/m1/s1. The van der Waals surface area contributed by atoms with Crippen LogP contribution in [0.15, 0.2) is 18.2 Å². The summed E-state index contributed by atoms with van der Waals surface area (Å²) in [5.74, 6) is -2.11. The van der Waals surface area contributed by atoms with Crippen LogP contribution in [-0.2, 0) is 9.53 Å². The first-order valence-electron chi connectivity index (χ1n) is 7.06. The van der Waals surface area contributed by atoms with E-state index in [1.165, 1.54) is 6.07 Å². The van der Waals surface area contributed by atoms with Crippen LogP contribution in [0.5, 0.6) is 0 Å². The molecule has 1 saturated heterocycles. The zero-order valence-electron chi connectivity index (χ0n) is 12.2. The van der Waals surface area contributed by atoms with Crippen LogP contribution in [0.1, 0.15) is 20.3 Å². The number of hydrogen-bond acceptors (Lipinski definition) is 3. The summed E-state index contributed by atoms with van der Waals surface area (Å²) < 4.78 is 31.5. The molecule has 0 aliphatic carbocycles. The summed E-state index contributed by atoms with van der Waals surface area (Å²) in [6.07, 6.45) is 0.615. The minimum Gasteiger partial charge on any atom is -0.373 e. The molecule has 1 aliphatic rings. The molecule has 1 aromatic rings. The Morgan fingerprint density at radius 1 is 1.29 bits per heavy atom. The Morgan fingerprint density at radius 2 is 1.95 bits per heavy atom. The molecule has 0 aromatic heterocycles. The van der Waals surface area contributed by atoms with Gasteiger partial charge in [0.15, 0.2) is 11.6 Å². The predicted molar refractivity (Wildman–Crippen MR) is 76.1 cm³/mol. The molecular formula is C15H20F2N2O2. The van der Waals surface area contributed by atoms with E-state index in [0.29, 0.717) is 13.0 Å². The Labute approximate surface area is 123 Å². The first-order chi connectivity index (χ1) is 9.94. The van der Waals surface area contributed by atoms with Crippen molar-refractivity contribution in [2.45, 2.75) is 32.5 Å². The summed E-state index contributed by atoms with van der Waals surface area (Å²) in [4.78, 5) is 14.0. The normalized spacial score (nSPS) is 23.0. The molecule has 1 aliphatic heterocycles. The highest BCUT2D eigenvalue weighted by Crippen LogP contribution is 2.14. The highest BCUT2D eigenvalue weighted by atomic mass is 19.2. The number of benzene rings is 1. The molecule has 0 spiro atoms. The molecule has 1 N–H and O–H groups in total. The lowest BCUT2D eigenvalue weighted by molar-refractivity contribution is -0.117. The number of morpholine rings is 1. The van der Waals surface area contributed by atoms with Crippen LogP contribution in [0.2, 0.25) is 0 Å². The fourth-order valence-corrected chi connectivity index (χ4v) is 2.52. The van der Waals surface area contributed by atoms with Crippen molar-refractivity contribution in [2.75, 3.05) is 25.0 Å². The Hall–Kier alpha value is -1.53. The largest absolute Gasteiger partial charge is 0.373 e. The predicted octanol–water partition coefficient (Wildman–Crippen LogP) is 2.40. The van der Waals surface area contributed by atoms with E-state index in [4.69, 9.17) is 4.74 Å². The Kier molecular flexibility index (Phi) is 5.25. The molecule has 2 rings (SSSR count). The number of ether oxygens (including phenoxy) is 1. The van der Waals surface area contributed by atoms with E-state index in [-0.39, 0.29) is 23.8 Å². The van der Waals surface area contributed by atoms with Crippen LogP contribution >= 0.6 is 0 Å². The van der Waals surface area contributed by atoms with Crippen LogP contribution in [0.3, 0.4) is 0 Å². The average molecular weight is 298 g/mol. The van der Waals surface area contributed by atoms with Crippen molar-refractivity contribution in [1.29, 1.82) is 0 Å². The highest BCUT2D eigenvalue weighted by molar-refractivity contribution is 5.90. The second-order valence-electron chi connectivity index (χ2n) is 5.44. The third kappa shape index (κ3) is 4.75. The molecule has 0 radical (unpaired) electrons. The van der Waals surface area contributed by atoms with Gasteiger partial charge in [0.25, 0.3) is 0 Å². The molecule has 2 atom stereocenters. The third-order valence-electron chi connectivity index (χ3n) is 3.35. The molecule has 4 nitrogen and oxygen atoms in total. The Bertz CT molecular complexity index is 500. The van der Waals surface area contributed by atoms with E-state index in [9.17, 15) is 13.6 Å². The van der Waals surface area contributed by atoms with Crippen LogP contribution in [0.4, 0.5) is 14.5 Å². The first-order valence-corrected chi connectivity index (χ1v) is 7.06. The van der Waals surface area contributed by atoms with Crippen molar-refractivity contribution >= 4 is 11.6 Å². The van der Waals surface area contributed by atoms with Gasteiger partial charge in [0.2, 0.25) is 5.91 Å². The molecule has 21 heavy (non-hydrogen) atoms. The lowest BCUT2D eigenvalue weighted by atomic mass is 10.2. The van der Waals surface area contributed by atoms with Gasteiger partial charge in [-0.3, -0.25) is 9.69 Å². The van der Waals surface area contributed by atoms with E-state index in [1.54, 1.807) is 0 Å². The Balaban J connectivity index is 1.80. The fraction of sp³-hybridized carbons (Fsp3) is 0.533. The number of carbonyl (C=O) groups is 1. The molecule has 0 unspecified atom stereocenters. The maximum absolute atomic E-state index is 13.0. The summed E-state index contributed by atoms with van der Waals surface area (Å²) in [7, 11) is 0. The molecule has 6 heteroatoms. The van der Waals surface area contributed by atoms with Crippen molar-refractivity contribution in [1.82, 2.24) is 4.90 Å². The van der Waals surface area contributed by atoms with E-state index < -0.39 is 11.6 Å². The molecule has 1 amide bonds. The van der Waals surface area contributed by atoms with Gasteiger partial charge in [0, 0.05) is 37.8 Å². The topological polar surface area (TPSA) is 41.6 Å². The average Bonchev–Trinajstić information content (AvgIpc) is 2.40. The lowest BCUT2D eigenvalue weighted by Gasteiger charge is -2.35. The summed E-state index contributed by atoms with van der Waals surface area (Å²) in [5, 5.41) is 2.57. The van der Waals surface area contributed by atoms with Gasteiger partial charge in [0.1, 0.15) is 0 Å². The van der Waals surface area contributed by atoms with E-state index in [1.807, 2.05) is 13.8 Å². The Morgan fingerprint density at radius 3 is 2.57 bits per heavy atom. The summed E-state index contributed by atoms with van der Waals surface area (Å²) in [6, 6.07) is 3.32. The van der Waals surface area contributed by atoms with Crippen molar-refractivity contribution in [3.8, 4) is 0 Å². The third-order valence-corrected chi connectivity index (χ3v) is 3.35. The van der Waals surface area contributed by atoms with E-state index in [0.717, 1.165) is 25.2 Å². The minimum atomic E-state index is -0.969. The van der Waals surface area contributed by atoms with Gasteiger partial charge in [0.05, 0.1) is 12.2 Å². The van der Waals surface area contributed by atoms with Crippen LogP contribution in [-0.4, -0.2) is 42.6 Å². The van der Waals surface area contributed by atoms with Gasteiger partial charge in [-0.05, 0) is 26.0 Å². The zero-order valence-corrected chi connectivity index (χ0v) is 12.2. The number of rotatable bonds is 4. The molecule has 0 bridgehead atoms. The summed E-state index contributed by atoms with van der Waals surface area (Å²) in [5.41, 5.74) is 0.266. The maximum Gasteiger partial charge on any atom is 0.225 e. The van der Waals surface area contributed by atoms with Crippen molar-refractivity contribution in [3.63, 3.8) is 0 Å². The fourth-order valence-electron chi connectivity index (χ4n) is 2.52. The number of amides is 1. The zero-order chi connectivity index (χ0) is 15.4. The van der Waals surface area contributed by atoms with Gasteiger partial charge in [-0.2, -0.15) is 0 Å². The number of nitrogens with one attached hydrogen (secondary N) is 1. The number of hydrogen-bond donors (Lipinski definition) is 1. The molecule has 0 saturated carbocycles. The second kappa shape index (κ2) is 6.95. The van der Waals surface area contributed by atoms with Crippen LogP contribution in [0, 0.1) is 11.6 Å². The van der Waals surface area contributed by atoms with E-state index in [2.05, 4.69) is 10.2 Å². The molecule has 1 fully saturated rings. The number of nitrogens with zero attached hydrogens (tertiary/aromatic N) is 1. The van der Waals surface area contributed by atoms with Crippen LogP contribution in [0.25, 0.3) is 0 Å². The summed E-state index contributed by atoms with van der Waals surface area (Å²) >= 11 is 0. The second-order valence-corrected chi connectivity index (χ2v) is 5.44. The lowest BCUT2D eigenvalue weighted by Crippen LogP contribution is -2.46. The molecular weight excluding hydrogens is 278 g/mol. The smallest absolute Gasteiger partial charge is 0.225 e. The van der Waals surface area contributed by atoms with Gasteiger partial charge in [-0.1, -0.05) is 0 Å². The number of anilines is 1. The minimum absolute atomic E-state index is 0.156. The highest BCUT2D eigenvalue weighted by Gasteiger charge is 2.22. The van der Waals surface area contributed by atoms with Gasteiger partial charge >= 0.3 is 0 Å².